The van der Waals surface area contributed by atoms with Crippen LogP contribution >= 0.6 is 11.6 Å². The minimum atomic E-state index is -0.794. The number of nitrogens with one attached hydrogen (secondary N) is 1. The molecule has 114 valence electrons. The van der Waals surface area contributed by atoms with E-state index in [-0.39, 0.29) is 11.7 Å². The number of oxime groups is 1. The van der Waals surface area contributed by atoms with Gasteiger partial charge in [0.1, 0.15) is 5.54 Å². The van der Waals surface area contributed by atoms with Crippen molar-refractivity contribution in [3.8, 4) is 0 Å². The molecule has 1 aliphatic rings. The van der Waals surface area contributed by atoms with Crippen LogP contribution in [0.4, 0.5) is 0 Å². The van der Waals surface area contributed by atoms with Gasteiger partial charge in [-0.15, -0.1) is 0 Å². The molecule has 1 aliphatic carbocycles. The van der Waals surface area contributed by atoms with Crippen molar-refractivity contribution in [2.24, 2.45) is 16.8 Å². The lowest BCUT2D eigenvalue weighted by atomic mass is 9.76. The second-order valence-electron chi connectivity index (χ2n) is 5.68. The molecule has 2 rings (SSSR count). The second-order valence-corrected chi connectivity index (χ2v) is 6.09. The summed E-state index contributed by atoms with van der Waals surface area (Å²) in [6.45, 7) is 2.16. The lowest BCUT2D eigenvalue weighted by molar-refractivity contribution is 0.0897. The van der Waals surface area contributed by atoms with E-state index >= 15 is 0 Å². The van der Waals surface area contributed by atoms with Crippen LogP contribution in [-0.2, 0) is 0 Å². The standard InChI is InChI=1S/C15H20ClN3O2/c1-10-6-8-15(9-7-10,14(17)19-21)18-13(20)11-4-2-3-5-12(11)16/h2-5,10,21H,6-9H2,1H3,(H2,17,19)(H,18,20). The van der Waals surface area contributed by atoms with E-state index in [1.54, 1.807) is 24.3 Å². The van der Waals surface area contributed by atoms with Crippen molar-refractivity contribution >= 4 is 23.3 Å². The summed E-state index contributed by atoms with van der Waals surface area (Å²) >= 11 is 6.05. The van der Waals surface area contributed by atoms with Crippen molar-refractivity contribution in [1.82, 2.24) is 5.32 Å². The van der Waals surface area contributed by atoms with Gasteiger partial charge in [0.15, 0.2) is 5.84 Å². The molecule has 1 amide bonds. The first-order chi connectivity index (χ1) is 9.98. The van der Waals surface area contributed by atoms with E-state index in [9.17, 15) is 4.79 Å². The van der Waals surface area contributed by atoms with Crippen LogP contribution in [0.3, 0.4) is 0 Å². The summed E-state index contributed by atoms with van der Waals surface area (Å²) < 4.78 is 0. The Labute approximate surface area is 129 Å². The summed E-state index contributed by atoms with van der Waals surface area (Å²) in [6.07, 6.45) is 3.14. The SMILES string of the molecule is CC1CCC(NC(=O)c2ccccc2Cl)(C(N)=NO)CC1. The molecule has 0 bridgehead atoms. The predicted molar refractivity (Wildman–Crippen MR) is 82.7 cm³/mol. The van der Waals surface area contributed by atoms with Gasteiger partial charge in [-0.25, -0.2) is 0 Å². The number of rotatable bonds is 3. The lowest BCUT2D eigenvalue weighted by Gasteiger charge is -2.39. The quantitative estimate of drug-likeness (QED) is 0.347. The summed E-state index contributed by atoms with van der Waals surface area (Å²) in [7, 11) is 0. The zero-order valence-electron chi connectivity index (χ0n) is 12.0. The zero-order valence-corrected chi connectivity index (χ0v) is 12.7. The molecule has 0 aromatic heterocycles. The van der Waals surface area contributed by atoms with Crippen LogP contribution in [0.25, 0.3) is 0 Å². The van der Waals surface area contributed by atoms with Crippen molar-refractivity contribution in [2.45, 2.75) is 38.1 Å². The average molecular weight is 310 g/mol. The first kappa shape index (κ1) is 15.6. The van der Waals surface area contributed by atoms with Gasteiger partial charge < -0.3 is 16.3 Å². The van der Waals surface area contributed by atoms with E-state index in [1.807, 2.05) is 0 Å². The molecule has 0 spiro atoms. The highest BCUT2D eigenvalue weighted by Gasteiger charge is 2.40. The molecule has 1 saturated carbocycles. The van der Waals surface area contributed by atoms with Gasteiger partial charge in [0.25, 0.3) is 5.91 Å². The highest BCUT2D eigenvalue weighted by atomic mass is 35.5. The van der Waals surface area contributed by atoms with Gasteiger partial charge >= 0.3 is 0 Å². The Kier molecular flexibility index (Phi) is 4.73. The van der Waals surface area contributed by atoms with Gasteiger partial charge in [-0.2, -0.15) is 0 Å². The Hall–Kier alpha value is -1.75. The predicted octanol–water partition coefficient (Wildman–Crippen LogP) is 2.77. The Balaban J connectivity index is 2.24. The molecule has 0 heterocycles. The van der Waals surface area contributed by atoms with E-state index in [0.29, 0.717) is 29.3 Å². The molecular formula is C15H20ClN3O2. The van der Waals surface area contributed by atoms with Crippen molar-refractivity contribution < 1.29 is 10.0 Å². The maximum Gasteiger partial charge on any atom is 0.253 e. The van der Waals surface area contributed by atoms with Crippen LogP contribution in [0.1, 0.15) is 43.0 Å². The molecule has 6 heteroatoms. The summed E-state index contributed by atoms with van der Waals surface area (Å²) in [5.41, 5.74) is 5.44. The molecule has 0 radical (unpaired) electrons. The fourth-order valence-electron chi connectivity index (χ4n) is 2.73. The van der Waals surface area contributed by atoms with Gasteiger partial charge in [-0.3, -0.25) is 4.79 Å². The van der Waals surface area contributed by atoms with Gasteiger partial charge in [-0.1, -0.05) is 35.8 Å². The van der Waals surface area contributed by atoms with Crippen LogP contribution in [0.5, 0.6) is 0 Å². The van der Waals surface area contributed by atoms with Crippen LogP contribution in [0, 0.1) is 5.92 Å². The Morgan fingerprint density at radius 1 is 1.43 bits per heavy atom. The summed E-state index contributed by atoms with van der Waals surface area (Å²) in [5.74, 6) is 0.318. The minimum absolute atomic E-state index is 0.0507. The first-order valence-electron chi connectivity index (χ1n) is 7.03. The topological polar surface area (TPSA) is 87.7 Å². The smallest absolute Gasteiger partial charge is 0.253 e. The largest absolute Gasteiger partial charge is 0.409 e. The number of carbonyl (C=O) groups is 1. The number of hydrogen-bond donors (Lipinski definition) is 3. The van der Waals surface area contributed by atoms with E-state index in [4.69, 9.17) is 22.5 Å². The molecule has 4 N–H and O–H groups in total. The molecule has 1 aromatic rings. The first-order valence-corrected chi connectivity index (χ1v) is 7.41. The van der Waals surface area contributed by atoms with E-state index in [0.717, 1.165) is 12.8 Å². The van der Waals surface area contributed by atoms with Crippen molar-refractivity contribution in [2.75, 3.05) is 0 Å². The number of amides is 1. The fraction of sp³-hybridized carbons (Fsp3) is 0.467. The van der Waals surface area contributed by atoms with E-state index in [1.165, 1.54) is 0 Å². The molecule has 0 saturated heterocycles. The highest BCUT2D eigenvalue weighted by molar-refractivity contribution is 6.33. The molecule has 0 aliphatic heterocycles. The summed E-state index contributed by atoms with van der Waals surface area (Å²) in [4.78, 5) is 12.5. The molecule has 5 nitrogen and oxygen atoms in total. The van der Waals surface area contributed by atoms with Crippen LogP contribution in [-0.4, -0.2) is 22.5 Å². The Morgan fingerprint density at radius 3 is 2.62 bits per heavy atom. The summed E-state index contributed by atoms with van der Waals surface area (Å²) in [6, 6.07) is 6.83. The third kappa shape index (κ3) is 3.29. The normalized spacial score (nSPS) is 26.4. The zero-order chi connectivity index (χ0) is 15.5. The molecule has 1 aromatic carbocycles. The number of nitrogens with two attached hydrogens (primary N) is 1. The molecular weight excluding hydrogens is 290 g/mol. The number of amidine groups is 1. The highest BCUT2D eigenvalue weighted by Crippen LogP contribution is 2.32. The number of carbonyl (C=O) groups excluding carboxylic acids is 1. The summed E-state index contributed by atoms with van der Waals surface area (Å²) in [5, 5.41) is 15.5. The monoisotopic (exact) mass is 309 g/mol. The molecule has 1 fully saturated rings. The van der Waals surface area contributed by atoms with Crippen molar-refractivity contribution in [3.05, 3.63) is 34.9 Å². The lowest BCUT2D eigenvalue weighted by Crippen LogP contribution is -2.59. The number of benzene rings is 1. The maximum atomic E-state index is 12.5. The maximum absolute atomic E-state index is 12.5. The number of halogens is 1. The molecule has 0 atom stereocenters. The number of hydrogen-bond acceptors (Lipinski definition) is 3. The molecule has 21 heavy (non-hydrogen) atoms. The Bertz CT molecular complexity index is 552. The molecule has 0 unspecified atom stereocenters. The van der Waals surface area contributed by atoms with Gasteiger partial charge in [0.05, 0.1) is 10.6 Å². The van der Waals surface area contributed by atoms with E-state index < -0.39 is 5.54 Å². The van der Waals surface area contributed by atoms with Crippen molar-refractivity contribution in [1.29, 1.82) is 0 Å². The average Bonchev–Trinajstić information content (AvgIpc) is 2.49. The van der Waals surface area contributed by atoms with Gasteiger partial charge in [0.2, 0.25) is 0 Å². The fourth-order valence-corrected chi connectivity index (χ4v) is 2.95. The third-order valence-corrected chi connectivity index (χ3v) is 4.53. The van der Waals surface area contributed by atoms with Gasteiger partial charge in [-0.05, 0) is 43.7 Å². The third-order valence-electron chi connectivity index (χ3n) is 4.20. The van der Waals surface area contributed by atoms with Gasteiger partial charge in [0, 0.05) is 0 Å². The minimum Gasteiger partial charge on any atom is -0.409 e. The second kappa shape index (κ2) is 6.35. The van der Waals surface area contributed by atoms with Crippen LogP contribution in [0.15, 0.2) is 29.4 Å². The van der Waals surface area contributed by atoms with Crippen molar-refractivity contribution in [3.63, 3.8) is 0 Å². The Morgan fingerprint density at radius 2 is 2.05 bits per heavy atom. The number of nitrogens with zero attached hydrogens (tertiary/aromatic N) is 1. The van der Waals surface area contributed by atoms with Crippen LogP contribution in [0.2, 0.25) is 5.02 Å². The van der Waals surface area contributed by atoms with Crippen LogP contribution < -0.4 is 11.1 Å². The van der Waals surface area contributed by atoms with E-state index in [2.05, 4.69) is 17.4 Å².